The highest BCUT2D eigenvalue weighted by Crippen LogP contribution is 2.29. The normalized spacial score (nSPS) is 13.4. The van der Waals surface area contributed by atoms with Crippen LogP contribution in [-0.4, -0.2) is 67.8 Å². The van der Waals surface area contributed by atoms with Crippen molar-refractivity contribution in [3.05, 3.63) is 0 Å². The van der Waals surface area contributed by atoms with Crippen LogP contribution in [0.15, 0.2) is 0 Å². The topological polar surface area (TPSA) is 90.5 Å². The predicted molar refractivity (Wildman–Crippen MR) is 105 cm³/mol. The molecule has 152 valence electrons. The molecular formula is C19H38N4O3. The van der Waals surface area contributed by atoms with Crippen molar-refractivity contribution in [2.75, 3.05) is 33.7 Å². The molecule has 0 aliphatic heterocycles. The van der Waals surface area contributed by atoms with Crippen LogP contribution >= 0.6 is 0 Å². The molecule has 0 radical (unpaired) electrons. The summed E-state index contributed by atoms with van der Waals surface area (Å²) in [5, 5.41) is 8.83. The number of nitrogens with one attached hydrogen (secondary N) is 3. The molecule has 1 atom stereocenters. The molecule has 0 heterocycles. The van der Waals surface area contributed by atoms with Crippen LogP contribution in [0, 0.1) is 5.41 Å². The summed E-state index contributed by atoms with van der Waals surface area (Å²) in [6.45, 7) is 13.1. The number of hydrogen-bond donors (Lipinski definition) is 3. The van der Waals surface area contributed by atoms with E-state index in [0.717, 1.165) is 6.42 Å². The Morgan fingerprint density at radius 2 is 1.62 bits per heavy atom. The molecule has 0 aliphatic rings. The fraction of sp³-hybridized carbons (Fsp3) is 0.842. The molecule has 3 N–H and O–H groups in total. The van der Waals surface area contributed by atoms with Gasteiger partial charge in [-0.15, -0.1) is 0 Å². The van der Waals surface area contributed by atoms with E-state index in [4.69, 9.17) is 0 Å². The van der Waals surface area contributed by atoms with Crippen molar-refractivity contribution in [3.8, 4) is 0 Å². The van der Waals surface area contributed by atoms with Crippen molar-refractivity contribution < 1.29 is 14.4 Å². The van der Waals surface area contributed by atoms with E-state index in [2.05, 4.69) is 29.8 Å². The average Bonchev–Trinajstić information content (AvgIpc) is 2.40. The maximum atomic E-state index is 12.5. The molecule has 0 aliphatic carbocycles. The van der Waals surface area contributed by atoms with E-state index in [1.165, 1.54) is 13.8 Å². The third kappa shape index (κ3) is 10.5. The van der Waals surface area contributed by atoms with E-state index in [0.29, 0.717) is 19.6 Å². The number of carbonyl (C=O) groups excluding carboxylic acids is 3. The van der Waals surface area contributed by atoms with Crippen LogP contribution in [0.25, 0.3) is 0 Å². The standard InChI is InChI=1S/C19H38N4O3/c1-14(24)11-16(17(26)21-10-9-20-7)23(8)13-18(3,4)12-19(5,6)22-15(2)25/h16,20H,9-13H2,1-8H3,(H,21,26)(H,22,25). The second-order valence-electron chi connectivity index (χ2n) is 8.64. The molecule has 26 heavy (non-hydrogen) atoms. The maximum Gasteiger partial charge on any atom is 0.237 e. The third-order valence-electron chi connectivity index (χ3n) is 4.10. The van der Waals surface area contributed by atoms with E-state index in [-0.39, 0.29) is 35.0 Å². The minimum Gasteiger partial charge on any atom is -0.353 e. The first-order valence-corrected chi connectivity index (χ1v) is 9.20. The second kappa shape index (κ2) is 10.6. The summed E-state index contributed by atoms with van der Waals surface area (Å²) >= 11 is 0. The van der Waals surface area contributed by atoms with Gasteiger partial charge in [-0.25, -0.2) is 0 Å². The Labute approximate surface area is 158 Å². The summed E-state index contributed by atoms with van der Waals surface area (Å²) in [7, 11) is 3.70. The summed E-state index contributed by atoms with van der Waals surface area (Å²) in [6, 6.07) is -0.493. The van der Waals surface area contributed by atoms with Crippen molar-refractivity contribution in [2.24, 2.45) is 5.41 Å². The lowest BCUT2D eigenvalue weighted by atomic mass is 9.79. The molecule has 1 unspecified atom stereocenters. The fourth-order valence-electron chi connectivity index (χ4n) is 3.71. The van der Waals surface area contributed by atoms with Crippen molar-refractivity contribution in [1.82, 2.24) is 20.9 Å². The first-order valence-electron chi connectivity index (χ1n) is 9.20. The first kappa shape index (κ1) is 24.5. The smallest absolute Gasteiger partial charge is 0.237 e. The van der Waals surface area contributed by atoms with E-state index < -0.39 is 6.04 Å². The van der Waals surface area contributed by atoms with Crippen LogP contribution in [0.2, 0.25) is 0 Å². The van der Waals surface area contributed by atoms with Gasteiger partial charge in [0.1, 0.15) is 5.78 Å². The van der Waals surface area contributed by atoms with Crippen LogP contribution in [0.1, 0.15) is 54.4 Å². The summed E-state index contributed by atoms with van der Waals surface area (Å²) in [5.41, 5.74) is -0.498. The molecule has 0 aromatic carbocycles. The summed E-state index contributed by atoms with van der Waals surface area (Å²) in [4.78, 5) is 37.5. The van der Waals surface area contributed by atoms with Crippen molar-refractivity contribution >= 4 is 17.6 Å². The molecule has 0 spiro atoms. The number of ketones is 1. The number of amides is 2. The van der Waals surface area contributed by atoms with Gasteiger partial charge >= 0.3 is 0 Å². The minimum atomic E-state index is -0.493. The van der Waals surface area contributed by atoms with Gasteiger partial charge in [0.15, 0.2) is 0 Å². The first-order chi connectivity index (χ1) is 11.8. The number of rotatable bonds is 12. The highest BCUT2D eigenvalue weighted by Gasteiger charge is 2.33. The highest BCUT2D eigenvalue weighted by molar-refractivity contribution is 5.88. The lowest BCUT2D eigenvalue weighted by Gasteiger charge is -2.39. The zero-order chi connectivity index (χ0) is 20.5. The Hall–Kier alpha value is -1.47. The number of carbonyl (C=O) groups is 3. The third-order valence-corrected chi connectivity index (χ3v) is 4.10. The summed E-state index contributed by atoms with van der Waals surface area (Å²) in [5.74, 6) is -0.200. The predicted octanol–water partition coefficient (Wildman–Crippen LogP) is 0.933. The van der Waals surface area contributed by atoms with Crippen molar-refractivity contribution in [1.29, 1.82) is 0 Å². The largest absolute Gasteiger partial charge is 0.353 e. The van der Waals surface area contributed by atoms with Gasteiger partial charge < -0.3 is 16.0 Å². The van der Waals surface area contributed by atoms with Gasteiger partial charge in [0.2, 0.25) is 11.8 Å². The Morgan fingerprint density at radius 1 is 1.04 bits per heavy atom. The lowest BCUT2D eigenvalue weighted by Crippen LogP contribution is -2.52. The summed E-state index contributed by atoms with van der Waals surface area (Å²) < 4.78 is 0. The van der Waals surface area contributed by atoms with Gasteiger partial charge in [-0.2, -0.15) is 0 Å². The van der Waals surface area contributed by atoms with Crippen LogP contribution < -0.4 is 16.0 Å². The number of likely N-dealkylation sites (N-methyl/N-ethyl adjacent to an activating group) is 2. The van der Waals surface area contributed by atoms with Crippen LogP contribution in [-0.2, 0) is 14.4 Å². The Kier molecular flexibility index (Phi) is 10.0. The molecular weight excluding hydrogens is 332 g/mol. The molecule has 0 saturated carbocycles. The van der Waals surface area contributed by atoms with Gasteiger partial charge in [-0.3, -0.25) is 19.3 Å². The molecule has 0 rings (SSSR count). The molecule has 0 bridgehead atoms. The van der Waals surface area contributed by atoms with Gasteiger partial charge in [-0.1, -0.05) is 13.8 Å². The van der Waals surface area contributed by atoms with Gasteiger partial charge in [-0.05, 0) is 46.7 Å². The molecule has 0 fully saturated rings. The zero-order valence-corrected chi connectivity index (χ0v) is 17.8. The maximum absolute atomic E-state index is 12.5. The molecule has 0 aromatic rings. The minimum absolute atomic E-state index is 0.0120. The van der Waals surface area contributed by atoms with Crippen LogP contribution in [0.5, 0.6) is 0 Å². The van der Waals surface area contributed by atoms with E-state index in [9.17, 15) is 14.4 Å². The number of hydrogen-bond acceptors (Lipinski definition) is 5. The van der Waals surface area contributed by atoms with Gasteiger partial charge in [0, 0.05) is 38.5 Å². The van der Waals surface area contributed by atoms with E-state index in [1.54, 1.807) is 0 Å². The van der Waals surface area contributed by atoms with Gasteiger partial charge in [0.05, 0.1) is 6.04 Å². The second-order valence-corrected chi connectivity index (χ2v) is 8.64. The average molecular weight is 371 g/mol. The SMILES string of the molecule is CNCCNC(=O)C(CC(C)=O)N(C)CC(C)(C)CC(C)(C)NC(C)=O. The molecule has 7 nitrogen and oxygen atoms in total. The summed E-state index contributed by atoms with van der Waals surface area (Å²) in [6.07, 6.45) is 0.936. The van der Waals surface area contributed by atoms with Crippen LogP contribution in [0.3, 0.4) is 0 Å². The van der Waals surface area contributed by atoms with Gasteiger partial charge in [0.25, 0.3) is 0 Å². The van der Waals surface area contributed by atoms with Crippen molar-refractivity contribution in [2.45, 2.75) is 66.0 Å². The van der Waals surface area contributed by atoms with E-state index >= 15 is 0 Å². The Morgan fingerprint density at radius 3 is 2.08 bits per heavy atom. The molecule has 0 aromatic heterocycles. The zero-order valence-electron chi connectivity index (χ0n) is 17.8. The van der Waals surface area contributed by atoms with E-state index in [1.807, 2.05) is 32.8 Å². The monoisotopic (exact) mass is 370 g/mol. The highest BCUT2D eigenvalue weighted by atomic mass is 16.2. The number of nitrogens with zero attached hydrogens (tertiary/aromatic N) is 1. The quantitative estimate of drug-likeness (QED) is 0.445. The molecule has 7 heteroatoms. The number of Topliss-reactive ketones (excluding diaryl/α,β-unsaturated/α-hetero) is 1. The molecule has 2 amide bonds. The van der Waals surface area contributed by atoms with Crippen molar-refractivity contribution in [3.63, 3.8) is 0 Å². The lowest BCUT2D eigenvalue weighted by molar-refractivity contribution is -0.130. The molecule has 0 saturated heterocycles. The van der Waals surface area contributed by atoms with Crippen LogP contribution in [0.4, 0.5) is 0 Å². The fourth-order valence-corrected chi connectivity index (χ4v) is 3.71. The Bertz CT molecular complexity index is 489. The Balaban J connectivity index is 5.03.